The molecule has 446 valence electrons. The van der Waals surface area contributed by atoms with Crippen LogP contribution in [0.3, 0.4) is 0 Å². The predicted octanol–water partition coefficient (Wildman–Crippen LogP) is 5.16. The third-order valence-corrected chi connectivity index (χ3v) is 17.8. The standard InChI is InChI=1S/C25H27N8O8PS.C24H24FN8O7PS/c1-31-10-8-21(30-31)43(37,38)32-11-6-18(7-12-32)27-24-26-9-5-20(28-24)23-22(29-25-33(23)13-14-39-25)17-3-2-4-19(15-17)40-16-41-42(34,35)36;1-31-10-7-20(30-31)42(37,38)32-9-2-3-16(14-32)27-23-26-8-6-18(28-23)22-21(29-24-33(22)11-12-39-24)15-4-5-17(25)19(13-15)40-41(34,35)36/h2-5,8-10,13-15,18H,6-7,11-12,16H2,1H3,(H,26,27,28)(H2,34,35,36);4-8,10-13,16H,2-3,9,14H2,1H3,(H,26,27,28)(H2,34,35,36)/t;16-/m.1/s1. The van der Waals surface area contributed by atoms with Gasteiger partial charge >= 0.3 is 27.3 Å². The number of nitrogens with zero attached hydrogens (tertiary/aromatic N) is 14. The Labute approximate surface area is 481 Å². The zero-order valence-corrected chi connectivity index (χ0v) is 48.0. The van der Waals surface area contributed by atoms with Crippen LogP contribution >= 0.6 is 15.6 Å². The molecule has 31 nitrogen and oxygen atoms in total. The van der Waals surface area contributed by atoms with Gasteiger partial charge in [0.25, 0.3) is 20.0 Å². The molecule has 2 aromatic carbocycles. The Morgan fingerprint density at radius 2 is 1.22 bits per heavy atom. The number of halogens is 1. The molecule has 8 aromatic heterocycles. The van der Waals surface area contributed by atoms with Crippen molar-refractivity contribution in [1.82, 2.24) is 66.9 Å². The Hall–Kier alpha value is -8.27. The van der Waals surface area contributed by atoms with Crippen molar-refractivity contribution >= 4 is 59.3 Å². The first kappa shape index (κ1) is 58.5. The van der Waals surface area contributed by atoms with E-state index in [0.717, 1.165) is 12.1 Å². The highest BCUT2D eigenvalue weighted by Crippen LogP contribution is 2.42. The summed E-state index contributed by atoms with van der Waals surface area (Å²) < 4.78 is 123. The van der Waals surface area contributed by atoms with Gasteiger partial charge in [-0.05, 0) is 80.3 Å². The van der Waals surface area contributed by atoms with Gasteiger partial charge in [-0.1, -0.05) is 12.1 Å². The lowest BCUT2D eigenvalue weighted by atomic mass is 10.1. The molecule has 0 aliphatic carbocycles. The molecule has 2 aliphatic heterocycles. The highest BCUT2D eigenvalue weighted by molar-refractivity contribution is 7.89. The number of anilines is 2. The summed E-state index contributed by atoms with van der Waals surface area (Å²) in [6.45, 7) is 0.572. The minimum Gasteiger partial charge on any atom is -0.467 e. The first-order valence-corrected chi connectivity index (χ1v) is 31.6. The molecule has 2 saturated heterocycles. The number of ether oxygens (including phenoxy) is 1. The van der Waals surface area contributed by atoms with E-state index in [2.05, 4.69) is 54.8 Å². The molecule has 12 rings (SSSR count). The number of benzene rings is 2. The number of imidazole rings is 2. The number of hydrogen-bond donors (Lipinski definition) is 6. The molecule has 36 heteroatoms. The van der Waals surface area contributed by atoms with Crippen molar-refractivity contribution in [2.45, 2.75) is 47.8 Å². The van der Waals surface area contributed by atoms with Gasteiger partial charge in [-0.25, -0.2) is 54.8 Å². The summed E-state index contributed by atoms with van der Waals surface area (Å²) in [6.07, 6.45) is 15.0. The van der Waals surface area contributed by atoms with Gasteiger partial charge in [-0.3, -0.25) is 28.0 Å². The van der Waals surface area contributed by atoms with Crippen LogP contribution in [0.25, 0.3) is 57.0 Å². The third kappa shape index (κ3) is 13.2. The summed E-state index contributed by atoms with van der Waals surface area (Å²) >= 11 is 0. The lowest BCUT2D eigenvalue weighted by molar-refractivity contribution is 0.0829. The van der Waals surface area contributed by atoms with E-state index in [4.69, 9.17) is 28.3 Å². The second kappa shape index (κ2) is 23.6. The zero-order chi connectivity index (χ0) is 59.8. The fourth-order valence-electron chi connectivity index (χ4n) is 9.54. The molecule has 6 N–H and O–H groups in total. The Morgan fingerprint density at radius 3 is 1.78 bits per heavy atom. The Bertz CT molecular complexity index is 4400. The summed E-state index contributed by atoms with van der Waals surface area (Å²) in [6, 6.07) is 16.3. The van der Waals surface area contributed by atoms with Crippen molar-refractivity contribution < 1.29 is 72.5 Å². The molecular weight excluding hydrogens is 1200 g/mol. The van der Waals surface area contributed by atoms with E-state index < -0.39 is 54.1 Å². The highest BCUT2D eigenvalue weighted by Gasteiger charge is 2.34. The van der Waals surface area contributed by atoms with Crippen LogP contribution in [0.15, 0.2) is 135 Å². The van der Waals surface area contributed by atoms with Crippen molar-refractivity contribution in [2.24, 2.45) is 14.1 Å². The zero-order valence-electron chi connectivity index (χ0n) is 44.6. The van der Waals surface area contributed by atoms with Crippen molar-refractivity contribution in [2.75, 3.05) is 43.6 Å². The topological polar surface area (TPSA) is 390 Å². The predicted molar refractivity (Wildman–Crippen MR) is 296 cm³/mol. The quantitative estimate of drug-likeness (QED) is 0.0477. The molecule has 2 aliphatic rings. The van der Waals surface area contributed by atoms with E-state index in [-0.39, 0.29) is 51.7 Å². The van der Waals surface area contributed by atoms with Crippen molar-refractivity contribution in [3.05, 3.63) is 122 Å². The van der Waals surface area contributed by atoms with Crippen LogP contribution in [0.5, 0.6) is 11.5 Å². The summed E-state index contributed by atoms with van der Waals surface area (Å²) in [5, 5.41) is 14.7. The number of fused-ring (bicyclic) bond motifs is 2. The average molecular weight is 1250 g/mol. The van der Waals surface area contributed by atoms with Crippen LogP contribution in [0.4, 0.5) is 16.3 Å². The summed E-state index contributed by atoms with van der Waals surface area (Å²) in [5.74, 6) is -0.171. The third-order valence-electron chi connectivity index (χ3n) is 13.4. The molecule has 10 aromatic rings. The van der Waals surface area contributed by atoms with E-state index in [0.29, 0.717) is 96.9 Å². The van der Waals surface area contributed by atoms with Crippen LogP contribution in [0.2, 0.25) is 0 Å². The Morgan fingerprint density at radius 1 is 0.659 bits per heavy atom. The fraction of sp³-hybridized carbons (Fsp3) is 0.265. The number of phosphoric ester groups is 2. The number of rotatable bonds is 18. The molecule has 0 spiro atoms. The number of aromatic nitrogens is 12. The number of sulfonamides is 2. The van der Waals surface area contributed by atoms with Crippen molar-refractivity contribution in [1.29, 1.82) is 0 Å². The van der Waals surface area contributed by atoms with Gasteiger partial charge in [0, 0.05) is 101 Å². The molecule has 0 radical (unpaired) electrons. The Kier molecular flexibility index (Phi) is 16.3. The van der Waals surface area contributed by atoms with Crippen LogP contribution in [0, 0.1) is 5.82 Å². The van der Waals surface area contributed by atoms with E-state index in [1.54, 1.807) is 90.3 Å². The molecular formula is C49H51FN16O15P2S2. The molecule has 0 amide bonds. The first-order valence-electron chi connectivity index (χ1n) is 25.6. The SMILES string of the molecule is Cn1ccc(S(=O)(=O)N2CCC(Nc3nccc(-c4c(-c5cccc(OCOP(=O)(O)O)c5)nc5occn45)n3)CC2)n1.Cn1ccc(S(=O)(=O)N2CCC[C@@H](Nc3nccc(-c4c(-c5ccc(F)c(OP(=O)(O)O)c5)nc5occn45)n3)C2)n1. The van der Waals surface area contributed by atoms with E-state index in [1.807, 2.05) is 0 Å². The number of nitrogens with one attached hydrogen (secondary N) is 2. The Balaban J connectivity index is 0.000000177. The second-order valence-corrected chi connectivity index (χ2v) is 25.4. The summed E-state index contributed by atoms with van der Waals surface area (Å²) in [5.41, 5.74) is 3.72. The van der Waals surface area contributed by atoms with Gasteiger partial charge in [0.1, 0.15) is 41.1 Å². The van der Waals surface area contributed by atoms with Crippen molar-refractivity contribution in [3.8, 4) is 56.8 Å². The normalized spacial score (nSPS) is 15.9. The molecule has 2 fully saturated rings. The first-order chi connectivity index (χ1) is 40.5. The minimum absolute atomic E-state index is 0.0172. The lowest BCUT2D eigenvalue weighted by Gasteiger charge is -2.31. The smallest absolute Gasteiger partial charge is 0.467 e. The van der Waals surface area contributed by atoms with Crippen LogP contribution in [0.1, 0.15) is 25.7 Å². The molecule has 10 heterocycles. The lowest BCUT2D eigenvalue weighted by Crippen LogP contribution is -2.45. The molecule has 1 atom stereocenters. The van der Waals surface area contributed by atoms with E-state index in [1.165, 1.54) is 54.9 Å². The van der Waals surface area contributed by atoms with Crippen LogP contribution in [-0.4, -0.2) is 148 Å². The fourth-order valence-corrected chi connectivity index (χ4v) is 13.0. The van der Waals surface area contributed by atoms with E-state index in [9.17, 15) is 40.1 Å². The number of hydrogen-bond acceptors (Lipinski definition) is 21. The molecule has 0 bridgehead atoms. The van der Waals surface area contributed by atoms with Gasteiger partial charge in [0.05, 0.1) is 11.4 Å². The van der Waals surface area contributed by atoms with Crippen LogP contribution in [-0.2, 0) is 47.8 Å². The maximum atomic E-state index is 14.3. The summed E-state index contributed by atoms with van der Waals surface area (Å²) in [7, 11) is -13.8. The second-order valence-electron chi connectivity index (χ2n) is 19.2. The maximum absolute atomic E-state index is 14.3. The largest absolute Gasteiger partial charge is 0.524 e. The van der Waals surface area contributed by atoms with E-state index >= 15 is 0 Å². The van der Waals surface area contributed by atoms with Crippen molar-refractivity contribution in [3.63, 3.8) is 0 Å². The molecule has 85 heavy (non-hydrogen) atoms. The average Bonchev–Trinajstić information content (AvgIpc) is 2.89. The molecule has 0 saturated carbocycles. The monoisotopic (exact) mass is 1250 g/mol. The minimum atomic E-state index is -5.03. The molecule has 0 unspecified atom stereocenters. The van der Waals surface area contributed by atoms with Gasteiger partial charge in [0.2, 0.25) is 11.9 Å². The number of phosphoric acid groups is 2. The van der Waals surface area contributed by atoms with Gasteiger partial charge < -0.3 is 38.5 Å². The number of piperidine rings is 2. The van der Waals surface area contributed by atoms with Crippen LogP contribution < -0.4 is 19.9 Å². The highest BCUT2D eigenvalue weighted by atomic mass is 32.2. The number of oxazole rings is 2. The maximum Gasteiger partial charge on any atom is 0.524 e. The van der Waals surface area contributed by atoms with Gasteiger partial charge in [-0.15, -0.1) is 0 Å². The number of aryl methyl sites for hydroxylation is 2. The van der Waals surface area contributed by atoms with Gasteiger partial charge in [0.15, 0.2) is 28.4 Å². The van der Waals surface area contributed by atoms with Gasteiger partial charge in [-0.2, -0.15) is 28.8 Å². The summed E-state index contributed by atoms with van der Waals surface area (Å²) in [4.78, 5) is 63.3.